The summed E-state index contributed by atoms with van der Waals surface area (Å²) in [5, 5.41) is 3.05. The maximum Gasteiger partial charge on any atom is 0.247 e. The number of carbonyl (C=O) groups excluding carboxylic acids is 2. The van der Waals surface area contributed by atoms with Crippen LogP contribution in [0.1, 0.15) is 34.7 Å². The molecule has 1 unspecified atom stereocenters. The van der Waals surface area contributed by atoms with E-state index in [9.17, 15) is 9.59 Å². The summed E-state index contributed by atoms with van der Waals surface area (Å²) in [5.74, 6) is 1.04. The van der Waals surface area contributed by atoms with E-state index in [0.29, 0.717) is 37.4 Å². The number of fused-ring (bicyclic) bond motifs is 1. The van der Waals surface area contributed by atoms with Gasteiger partial charge in [0.1, 0.15) is 6.04 Å². The Labute approximate surface area is 222 Å². The number of ether oxygens (including phenoxy) is 2. The Morgan fingerprint density at radius 3 is 2.08 bits per heavy atom. The Bertz CT molecular complexity index is 1360. The van der Waals surface area contributed by atoms with Crippen molar-refractivity contribution in [3.8, 4) is 11.5 Å². The number of amides is 2. The minimum atomic E-state index is -0.784. The quantitative estimate of drug-likeness (QED) is 0.311. The summed E-state index contributed by atoms with van der Waals surface area (Å²) in [4.78, 5) is 29.3. The van der Waals surface area contributed by atoms with E-state index in [0.717, 1.165) is 22.3 Å². The first-order valence-electron chi connectivity index (χ1n) is 12.8. The van der Waals surface area contributed by atoms with Crippen LogP contribution < -0.4 is 14.8 Å². The van der Waals surface area contributed by atoms with E-state index in [1.54, 1.807) is 4.90 Å². The number of rotatable bonds is 10. The molecule has 0 saturated heterocycles. The average Bonchev–Trinajstić information content (AvgIpc) is 3.44. The lowest BCUT2D eigenvalue weighted by molar-refractivity contribution is -0.141. The Morgan fingerprint density at radius 1 is 0.737 bits per heavy atom. The molecule has 1 aliphatic heterocycles. The van der Waals surface area contributed by atoms with Crippen LogP contribution in [0.2, 0.25) is 0 Å². The predicted octanol–water partition coefficient (Wildman–Crippen LogP) is 5.43. The second-order valence-electron chi connectivity index (χ2n) is 9.21. The smallest absolute Gasteiger partial charge is 0.247 e. The van der Waals surface area contributed by atoms with Gasteiger partial charge in [0.05, 0.1) is 0 Å². The summed E-state index contributed by atoms with van der Waals surface area (Å²) in [6, 6.07) is 34.0. The summed E-state index contributed by atoms with van der Waals surface area (Å²) in [6.45, 7) is 0.822. The number of hydrogen-bond donors (Lipinski definition) is 1. The second-order valence-corrected chi connectivity index (χ2v) is 9.21. The summed E-state index contributed by atoms with van der Waals surface area (Å²) < 4.78 is 10.9. The largest absolute Gasteiger partial charge is 0.454 e. The zero-order valence-electron chi connectivity index (χ0n) is 21.1. The lowest BCUT2D eigenvalue weighted by Crippen LogP contribution is -2.43. The molecule has 5 rings (SSSR count). The van der Waals surface area contributed by atoms with Crippen LogP contribution in [0.4, 0.5) is 0 Å². The molecule has 0 fully saturated rings. The molecule has 4 aromatic carbocycles. The molecule has 1 atom stereocenters. The maximum atomic E-state index is 13.8. The maximum absolute atomic E-state index is 13.8. The Balaban J connectivity index is 1.40. The van der Waals surface area contributed by atoms with E-state index >= 15 is 0 Å². The van der Waals surface area contributed by atoms with Gasteiger partial charge < -0.3 is 19.7 Å². The van der Waals surface area contributed by atoms with Gasteiger partial charge in [0.25, 0.3) is 0 Å². The van der Waals surface area contributed by atoms with Crippen LogP contribution in [0.25, 0.3) is 0 Å². The van der Waals surface area contributed by atoms with E-state index < -0.39 is 6.04 Å². The summed E-state index contributed by atoms with van der Waals surface area (Å²) in [6.07, 6.45) is 0.904. The minimum absolute atomic E-state index is 0.0789. The van der Waals surface area contributed by atoms with Crippen LogP contribution in [-0.2, 0) is 29.1 Å². The molecule has 6 nitrogen and oxygen atoms in total. The number of aryl methyl sites for hydroxylation is 1. The molecular weight excluding hydrogens is 476 g/mol. The number of benzene rings is 4. The molecule has 1 N–H and O–H groups in total. The van der Waals surface area contributed by atoms with Gasteiger partial charge in [-0.25, -0.2) is 0 Å². The van der Waals surface area contributed by atoms with Crippen molar-refractivity contribution >= 4 is 11.8 Å². The second kappa shape index (κ2) is 12.1. The fraction of sp³-hybridized carbons (Fsp3) is 0.188. The molecule has 0 radical (unpaired) electrons. The molecule has 38 heavy (non-hydrogen) atoms. The zero-order chi connectivity index (χ0) is 26.2. The molecule has 0 aliphatic carbocycles. The molecule has 6 heteroatoms. The number of carbonyl (C=O) groups is 2. The molecule has 2 amide bonds. The van der Waals surface area contributed by atoms with E-state index in [2.05, 4.69) is 5.32 Å². The molecular formula is C32H30N2O4. The van der Waals surface area contributed by atoms with Crippen LogP contribution in [-0.4, -0.2) is 23.5 Å². The monoisotopic (exact) mass is 506 g/mol. The third-order valence-corrected chi connectivity index (χ3v) is 6.57. The Kier molecular flexibility index (Phi) is 7.99. The van der Waals surface area contributed by atoms with Crippen molar-refractivity contribution in [3.63, 3.8) is 0 Å². The Hall–Kier alpha value is -4.58. The highest BCUT2D eigenvalue weighted by molar-refractivity contribution is 5.88. The topological polar surface area (TPSA) is 67.9 Å². The lowest BCUT2D eigenvalue weighted by atomic mass is 10.0. The summed E-state index contributed by atoms with van der Waals surface area (Å²) in [7, 11) is 0. The standard InChI is InChI=1S/C32H30N2O4/c35-30(19-17-24-10-4-1-5-11-24)34(22-25-12-6-2-7-13-25)31(27-14-8-3-9-15-27)32(36)33-21-26-16-18-28-29(20-26)38-23-37-28/h1-16,18,20,31H,17,19,21-23H2,(H,33,36). The number of nitrogens with one attached hydrogen (secondary N) is 1. The van der Waals surface area contributed by atoms with Crippen LogP contribution in [0.15, 0.2) is 109 Å². The normalized spacial score (nSPS) is 12.5. The van der Waals surface area contributed by atoms with Gasteiger partial charge in [0, 0.05) is 19.5 Å². The van der Waals surface area contributed by atoms with Crippen molar-refractivity contribution in [2.75, 3.05) is 6.79 Å². The van der Waals surface area contributed by atoms with Gasteiger partial charge in [-0.1, -0.05) is 97.1 Å². The van der Waals surface area contributed by atoms with E-state index in [-0.39, 0.29) is 18.6 Å². The first kappa shape index (κ1) is 25.1. The van der Waals surface area contributed by atoms with Gasteiger partial charge in [0.15, 0.2) is 11.5 Å². The first-order valence-corrected chi connectivity index (χ1v) is 12.8. The third kappa shape index (κ3) is 6.21. The van der Waals surface area contributed by atoms with Crippen LogP contribution in [0, 0.1) is 0 Å². The molecule has 0 spiro atoms. The van der Waals surface area contributed by atoms with Gasteiger partial charge in [0.2, 0.25) is 18.6 Å². The minimum Gasteiger partial charge on any atom is -0.454 e. The van der Waals surface area contributed by atoms with Crippen molar-refractivity contribution in [2.24, 2.45) is 0 Å². The fourth-order valence-electron chi connectivity index (χ4n) is 4.59. The predicted molar refractivity (Wildman–Crippen MR) is 145 cm³/mol. The van der Waals surface area contributed by atoms with Gasteiger partial charge in [-0.05, 0) is 40.8 Å². The highest BCUT2D eigenvalue weighted by Gasteiger charge is 2.31. The van der Waals surface area contributed by atoms with Crippen molar-refractivity contribution in [3.05, 3.63) is 131 Å². The summed E-state index contributed by atoms with van der Waals surface area (Å²) >= 11 is 0. The molecule has 0 bridgehead atoms. The van der Waals surface area contributed by atoms with E-state index in [1.165, 1.54) is 0 Å². The van der Waals surface area contributed by atoms with Gasteiger partial charge >= 0.3 is 0 Å². The SMILES string of the molecule is O=C(NCc1ccc2c(c1)OCO2)C(c1ccccc1)N(Cc1ccccc1)C(=O)CCc1ccccc1. The van der Waals surface area contributed by atoms with Crippen molar-refractivity contribution < 1.29 is 19.1 Å². The van der Waals surface area contributed by atoms with Crippen LogP contribution in [0.3, 0.4) is 0 Å². The third-order valence-electron chi connectivity index (χ3n) is 6.57. The van der Waals surface area contributed by atoms with E-state index in [1.807, 2.05) is 109 Å². The molecule has 1 heterocycles. The average molecular weight is 507 g/mol. The highest BCUT2D eigenvalue weighted by Crippen LogP contribution is 2.32. The zero-order valence-corrected chi connectivity index (χ0v) is 21.1. The van der Waals surface area contributed by atoms with Gasteiger partial charge in [-0.2, -0.15) is 0 Å². The summed E-state index contributed by atoms with van der Waals surface area (Å²) in [5.41, 5.74) is 3.70. The van der Waals surface area contributed by atoms with E-state index in [4.69, 9.17) is 9.47 Å². The molecule has 0 aromatic heterocycles. The van der Waals surface area contributed by atoms with Gasteiger partial charge in [-0.15, -0.1) is 0 Å². The fourth-order valence-corrected chi connectivity index (χ4v) is 4.59. The van der Waals surface area contributed by atoms with Crippen molar-refractivity contribution in [1.82, 2.24) is 10.2 Å². The molecule has 192 valence electrons. The lowest BCUT2D eigenvalue weighted by Gasteiger charge is -2.32. The number of hydrogen-bond acceptors (Lipinski definition) is 4. The highest BCUT2D eigenvalue weighted by atomic mass is 16.7. The van der Waals surface area contributed by atoms with Crippen LogP contribution in [0.5, 0.6) is 11.5 Å². The Morgan fingerprint density at radius 2 is 1.37 bits per heavy atom. The molecule has 0 saturated carbocycles. The first-order chi connectivity index (χ1) is 18.7. The van der Waals surface area contributed by atoms with Crippen LogP contribution >= 0.6 is 0 Å². The van der Waals surface area contributed by atoms with Gasteiger partial charge in [-0.3, -0.25) is 9.59 Å². The number of nitrogens with zero attached hydrogens (tertiary/aromatic N) is 1. The molecule has 1 aliphatic rings. The van der Waals surface area contributed by atoms with Crippen molar-refractivity contribution in [2.45, 2.75) is 32.0 Å². The van der Waals surface area contributed by atoms with Crippen molar-refractivity contribution in [1.29, 1.82) is 0 Å². The molecule has 4 aromatic rings.